The molecule has 7 heteroatoms. The number of allylic oxidation sites excluding steroid dienone is 1. The third kappa shape index (κ3) is 3.97. The SMILES string of the molecule is C[C@H]1CCCCN1C(=S)SC/C(O)=C(\C#N)c1nc2ccccc2[nH]1. The number of hydrogen-bond donors (Lipinski definition) is 2. The van der Waals surface area contributed by atoms with Gasteiger partial charge in [-0.1, -0.05) is 36.1 Å². The largest absolute Gasteiger partial charge is 0.510 e. The number of nitrogens with zero attached hydrogens (tertiary/aromatic N) is 3. The zero-order chi connectivity index (χ0) is 17.8. The second-order valence-corrected chi connectivity index (χ2v) is 7.74. The predicted molar refractivity (Wildman–Crippen MR) is 106 cm³/mol. The Morgan fingerprint density at radius 1 is 1.48 bits per heavy atom. The number of thiocarbonyl (C=S) groups is 1. The number of thioether (sulfide) groups is 1. The van der Waals surface area contributed by atoms with Gasteiger partial charge >= 0.3 is 0 Å². The topological polar surface area (TPSA) is 75.9 Å². The Bertz CT molecular complexity index is 819. The third-order valence-corrected chi connectivity index (χ3v) is 5.88. The van der Waals surface area contributed by atoms with Gasteiger partial charge in [0.15, 0.2) is 5.82 Å². The Morgan fingerprint density at radius 3 is 3.00 bits per heavy atom. The van der Waals surface area contributed by atoms with Crippen molar-refractivity contribution in [2.45, 2.75) is 32.2 Å². The Kier molecular flexibility index (Phi) is 5.61. The summed E-state index contributed by atoms with van der Waals surface area (Å²) in [6.07, 6.45) is 3.53. The molecule has 1 aromatic heterocycles. The summed E-state index contributed by atoms with van der Waals surface area (Å²) in [4.78, 5) is 9.68. The van der Waals surface area contributed by atoms with Crippen molar-refractivity contribution < 1.29 is 5.11 Å². The van der Waals surface area contributed by atoms with Crippen LogP contribution in [0.3, 0.4) is 0 Å². The van der Waals surface area contributed by atoms with E-state index < -0.39 is 0 Å². The molecule has 1 saturated heterocycles. The highest BCUT2D eigenvalue weighted by Crippen LogP contribution is 2.25. The molecule has 1 fully saturated rings. The second-order valence-electron chi connectivity index (χ2n) is 6.13. The molecule has 0 bridgehead atoms. The monoisotopic (exact) mass is 372 g/mol. The number of nitriles is 1. The summed E-state index contributed by atoms with van der Waals surface area (Å²) in [6, 6.07) is 10.0. The van der Waals surface area contributed by atoms with Gasteiger partial charge in [0, 0.05) is 12.6 Å². The van der Waals surface area contributed by atoms with Gasteiger partial charge in [-0.2, -0.15) is 5.26 Å². The van der Waals surface area contributed by atoms with E-state index in [2.05, 4.69) is 27.9 Å². The lowest BCUT2D eigenvalue weighted by Crippen LogP contribution is -2.39. The molecular formula is C18H20N4OS2. The first kappa shape index (κ1) is 17.8. The van der Waals surface area contributed by atoms with Gasteiger partial charge in [0.05, 0.1) is 16.8 Å². The molecule has 0 aliphatic carbocycles. The number of nitrogens with one attached hydrogen (secondary N) is 1. The van der Waals surface area contributed by atoms with Crippen LogP contribution in [0.25, 0.3) is 16.6 Å². The maximum Gasteiger partial charge on any atom is 0.152 e. The Hall–Kier alpha value is -2.04. The van der Waals surface area contributed by atoms with Gasteiger partial charge < -0.3 is 15.0 Å². The first-order valence-corrected chi connectivity index (χ1v) is 9.70. The lowest BCUT2D eigenvalue weighted by Gasteiger charge is -2.35. The van der Waals surface area contributed by atoms with Crippen LogP contribution in [0.5, 0.6) is 0 Å². The van der Waals surface area contributed by atoms with E-state index in [0.29, 0.717) is 11.9 Å². The van der Waals surface area contributed by atoms with Crippen molar-refractivity contribution in [3.05, 3.63) is 35.8 Å². The number of fused-ring (bicyclic) bond motifs is 1. The number of piperidine rings is 1. The molecular weight excluding hydrogens is 352 g/mol. The Labute approximate surface area is 156 Å². The van der Waals surface area contributed by atoms with Crippen molar-refractivity contribution in [3.8, 4) is 6.07 Å². The maximum atomic E-state index is 10.4. The van der Waals surface area contributed by atoms with Gasteiger partial charge in [0.1, 0.15) is 21.7 Å². The van der Waals surface area contributed by atoms with Crippen molar-refractivity contribution >= 4 is 44.9 Å². The van der Waals surface area contributed by atoms with E-state index in [9.17, 15) is 10.4 Å². The quantitative estimate of drug-likeness (QED) is 0.477. The zero-order valence-electron chi connectivity index (χ0n) is 14.0. The highest BCUT2D eigenvalue weighted by atomic mass is 32.2. The van der Waals surface area contributed by atoms with Gasteiger partial charge in [-0.15, -0.1) is 0 Å². The van der Waals surface area contributed by atoms with Crippen molar-refractivity contribution in [1.29, 1.82) is 5.26 Å². The van der Waals surface area contributed by atoms with E-state index in [0.717, 1.165) is 34.7 Å². The molecule has 0 amide bonds. The predicted octanol–water partition coefficient (Wildman–Crippen LogP) is 4.25. The number of likely N-dealkylation sites (tertiary alicyclic amines) is 1. The molecule has 1 aromatic carbocycles. The average Bonchev–Trinajstić information content (AvgIpc) is 3.04. The number of rotatable bonds is 3. The molecule has 0 saturated carbocycles. The summed E-state index contributed by atoms with van der Waals surface area (Å²) < 4.78 is 0.778. The molecule has 1 aliphatic heterocycles. The smallest absolute Gasteiger partial charge is 0.152 e. The summed E-state index contributed by atoms with van der Waals surface area (Å²) in [5.74, 6) is 0.653. The van der Waals surface area contributed by atoms with Crippen LogP contribution in [-0.4, -0.2) is 42.6 Å². The van der Waals surface area contributed by atoms with Gasteiger partial charge in [-0.25, -0.2) is 4.98 Å². The minimum absolute atomic E-state index is 0.00133. The molecule has 0 radical (unpaired) electrons. The number of benzene rings is 1. The Morgan fingerprint density at radius 2 is 2.28 bits per heavy atom. The number of aliphatic hydroxyl groups excluding tert-OH is 1. The van der Waals surface area contributed by atoms with Crippen molar-refractivity contribution in [3.63, 3.8) is 0 Å². The molecule has 2 N–H and O–H groups in total. The Balaban J connectivity index is 1.73. The third-order valence-electron chi connectivity index (χ3n) is 4.40. The van der Waals surface area contributed by atoms with Gasteiger partial charge in [-0.05, 0) is 38.3 Å². The molecule has 2 heterocycles. The number of aromatic amines is 1. The molecule has 5 nitrogen and oxygen atoms in total. The van der Waals surface area contributed by atoms with Gasteiger partial charge in [-0.3, -0.25) is 0 Å². The van der Waals surface area contributed by atoms with Crippen LogP contribution < -0.4 is 0 Å². The number of para-hydroxylation sites is 2. The number of hydrogen-bond acceptors (Lipinski definition) is 5. The van der Waals surface area contributed by atoms with Crippen molar-refractivity contribution in [2.75, 3.05) is 12.3 Å². The number of aliphatic hydroxyl groups is 1. The number of aromatic nitrogens is 2. The fourth-order valence-electron chi connectivity index (χ4n) is 2.98. The van der Waals surface area contributed by atoms with Crippen molar-refractivity contribution in [2.24, 2.45) is 0 Å². The lowest BCUT2D eigenvalue weighted by atomic mass is 10.1. The molecule has 0 unspecified atom stereocenters. The van der Waals surface area contributed by atoms with E-state index in [1.54, 1.807) is 0 Å². The fourth-order valence-corrected chi connectivity index (χ4v) is 4.27. The van der Waals surface area contributed by atoms with E-state index in [-0.39, 0.29) is 17.1 Å². The van der Waals surface area contributed by atoms with Crippen LogP contribution in [0.2, 0.25) is 0 Å². The van der Waals surface area contributed by atoms with Crippen LogP contribution in [-0.2, 0) is 0 Å². The van der Waals surface area contributed by atoms with Crippen LogP contribution in [0, 0.1) is 11.3 Å². The molecule has 0 spiro atoms. The first-order chi connectivity index (χ1) is 12.1. The normalized spacial score (nSPS) is 18.7. The molecule has 3 rings (SSSR count). The van der Waals surface area contributed by atoms with E-state index in [4.69, 9.17) is 12.2 Å². The van der Waals surface area contributed by atoms with Crippen molar-refractivity contribution in [1.82, 2.24) is 14.9 Å². The lowest BCUT2D eigenvalue weighted by molar-refractivity contribution is 0.267. The molecule has 1 atom stereocenters. The summed E-state index contributed by atoms with van der Waals surface area (Å²) in [5.41, 5.74) is 1.77. The molecule has 130 valence electrons. The van der Waals surface area contributed by atoms with Crippen LogP contribution in [0.4, 0.5) is 0 Å². The molecule has 2 aromatic rings. The van der Waals surface area contributed by atoms with Crippen LogP contribution in [0.15, 0.2) is 30.0 Å². The minimum Gasteiger partial charge on any atom is -0.510 e. The highest BCUT2D eigenvalue weighted by Gasteiger charge is 2.21. The zero-order valence-corrected chi connectivity index (χ0v) is 15.7. The fraction of sp³-hybridized carbons (Fsp3) is 0.389. The maximum absolute atomic E-state index is 10.4. The van der Waals surface area contributed by atoms with Crippen LogP contribution in [0.1, 0.15) is 32.0 Å². The van der Waals surface area contributed by atoms with Gasteiger partial charge in [0.25, 0.3) is 0 Å². The number of imidazole rings is 1. The molecule has 25 heavy (non-hydrogen) atoms. The summed E-state index contributed by atoms with van der Waals surface area (Å²) in [6.45, 7) is 3.14. The highest BCUT2D eigenvalue weighted by molar-refractivity contribution is 8.23. The van der Waals surface area contributed by atoms with E-state index in [1.165, 1.54) is 18.2 Å². The molecule has 1 aliphatic rings. The summed E-state index contributed by atoms with van der Waals surface area (Å²) in [7, 11) is 0. The standard InChI is InChI=1S/C18H20N4OS2/c1-12-6-4-5-9-22(12)18(24)25-11-16(23)13(10-19)17-20-14-7-2-3-8-15(14)21-17/h2-3,7-8,12,23H,4-6,9,11H2,1H3,(H,20,21)/b16-13-/t12-/m0/s1. The van der Waals surface area contributed by atoms with E-state index >= 15 is 0 Å². The van der Waals surface area contributed by atoms with Gasteiger partial charge in [0.2, 0.25) is 0 Å². The second kappa shape index (κ2) is 7.89. The minimum atomic E-state index is -0.00133. The summed E-state index contributed by atoms with van der Waals surface area (Å²) >= 11 is 6.91. The van der Waals surface area contributed by atoms with Crippen LogP contribution >= 0.6 is 24.0 Å². The first-order valence-electron chi connectivity index (χ1n) is 8.31. The van der Waals surface area contributed by atoms with E-state index in [1.807, 2.05) is 24.3 Å². The average molecular weight is 373 g/mol. The summed E-state index contributed by atoms with van der Waals surface area (Å²) in [5, 5.41) is 19.8. The number of H-pyrrole nitrogens is 1.